The number of imidazole rings is 1. The van der Waals surface area contributed by atoms with Gasteiger partial charge < -0.3 is 4.84 Å². The molecule has 0 spiro atoms. The van der Waals surface area contributed by atoms with Crippen molar-refractivity contribution in [2.45, 2.75) is 91.0 Å². The summed E-state index contributed by atoms with van der Waals surface area (Å²) in [6, 6.07) is 10.6. The van der Waals surface area contributed by atoms with E-state index in [0.717, 1.165) is 25.4 Å². The third-order valence-electron chi connectivity index (χ3n) is 5.13. The first-order chi connectivity index (χ1) is 13.4. The molecule has 0 saturated carbocycles. The molecular weight excluding hydrogens is 332 g/mol. The first-order valence-electron chi connectivity index (χ1n) is 11.2. The second-order valence-electron chi connectivity index (χ2n) is 7.52. The van der Waals surface area contributed by atoms with Crippen molar-refractivity contribution >= 4 is 0 Å². The molecule has 27 heavy (non-hydrogen) atoms. The topological polar surface area (TPSA) is 18.0 Å². The van der Waals surface area contributed by atoms with E-state index in [9.17, 15) is 0 Å². The van der Waals surface area contributed by atoms with Crippen LogP contribution in [0.25, 0.3) is 11.4 Å². The van der Waals surface area contributed by atoms with Crippen molar-refractivity contribution in [2.75, 3.05) is 6.61 Å². The monoisotopic (exact) mass is 371 g/mol. The molecule has 0 radical (unpaired) electrons. The summed E-state index contributed by atoms with van der Waals surface area (Å²) < 4.78 is 4.32. The quantitative estimate of drug-likeness (QED) is 0.269. The summed E-state index contributed by atoms with van der Waals surface area (Å²) in [5, 5.41) is 0. The summed E-state index contributed by atoms with van der Waals surface area (Å²) in [5.74, 6) is 1.16. The zero-order valence-electron chi connectivity index (χ0n) is 17.5. The van der Waals surface area contributed by atoms with E-state index in [0.29, 0.717) is 0 Å². The van der Waals surface area contributed by atoms with Crippen LogP contribution in [0.2, 0.25) is 0 Å². The van der Waals surface area contributed by atoms with Crippen molar-refractivity contribution in [3.63, 3.8) is 0 Å². The summed E-state index contributed by atoms with van der Waals surface area (Å²) in [5.41, 5.74) is 1.22. The first-order valence-corrected chi connectivity index (χ1v) is 11.2. The zero-order valence-corrected chi connectivity index (χ0v) is 17.5. The van der Waals surface area contributed by atoms with Gasteiger partial charge in [0, 0.05) is 0 Å². The van der Waals surface area contributed by atoms with Crippen molar-refractivity contribution in [3.8, 4) is 11.4 Å². The van der Waals surface area contributed by atoms with Crippen LogP contribution in [-0.4, -0.2) is 11.3 Å². The van der Waals surface area contributed by atoms with E-state index in [1.807, 2.05) is 4.73 Å². The van der Waals surface area contributed by atoms with Crippen LogP contribution in [0.15, 0.2) is 42.7 Å². The molecule has 1 heterocycles. The molecule has 0 aliphatic heterocycles. The molecule has 0 aliphatic rings. The lowest BCUT2D eigenvalue weighted by molar-refractivity contribution is -0.686. The minimum absolute atomic E-state index is 0.778. The van der Waals surface area contributed by atoms with Crippen LogP contribution in [0.3, 0.4) is 0 Å². The van der Waals surface area contributed by atoms with Gasteiger partial charge in [-0.25, -0.2) is 4.57 Å². The van der Waals surface area contributed by atoms with E-state index >= 15 is 0 Å². The molecule has 1 aromatic carbocycles. The van der Waals surface area contributed by atoms with Gasteiger partial charge in [-0.05, 0) is 36.1 Å². The van der Waals surface area contributed by atoms with Crippen LogP contribution in [0, 0.1) is 0 Å². The standard InChI is InChI=1S/C24H39N2O/c1-3-5-7-8-9-10-11-15-19-25-20-21-26(27-22-16-6-4-2)24(25)23-17-13-12-14-18-23/h12-14,17-18,20-21H,3-11,15-16,19,22H2,1-2H3/q+1. The minimum Gasteiger partial charge on any atom is -0.335 e. The summed E-state index contributed by atoms with van der Waals surface area (Å²) in [7, 11) is 0. The molecule has 3 nitrogen and oxygen atoms in total. The Hall–Kier alpha value is -1.77. The largest absolute Gasteiger partial charge is 0.335 e. The second-order valence-corrected chi connectivity index (χ2v) is 7.52. The maximum absolute atomic E-state index is 6.05. The van der Waals surface area contributed by atoms with Crippen molar-refractivity contribution < 1.29 is 9.40 Å². The molecule has 0 bridgehead atoms. The molecule has 150 valence electrons. The molecule has 2 aromatic rings. The van der Waals surface area contributed by atoms with Gasteiger partial charge in [0.15, 0.2) is 6.20 Å². The van der Waals surface area contributed by atoms with Crippen molar-refractivity contribution in [2.24, 2.45) is 0 Å². The number of hydrogen-bond acceptors (Lipinski definition) is 1. The molecule has 0 unspecified atom stereocenters. The summed E-state index contributed by atoms with van der Waals surface area (Å²) >= 11 is 0. The molecule has 0 N–H and O–H groups in total. The van der Waals surface area contributed by atoms with Gasteiger partial charge in [-0.1, -0.05) is 83.4 Å². The van der Waals surface area contributed by atoms with Gasteiger partial charge in [0.2, 0.25) is 0 Å². The highest BCUT2D eigenvalue weighted by atomic mass is 16.7. The smallest absolute Gasteiger partial charge is 0.328 e. The Morgan fingerprint density at radius 2 is 1.41 bits per heavy atom. The average molecular weight is 372 g/mol. The normalized spacial score (nSPS) is 11.0. The SMILES string of the molecule is CCCCCCCCCC[n+]1ccn(OCCCCC)c1-c1ccccc1. The van der Waals surface area contributed by atoms with Gasteiger partial charge >= 0.3 is 5.82 Å². The minimum atomic E-state index is 0.778. The summed E-state index contributed by atoms with van der Waals surface area (Å²) in [6.07, 6.45) is 18.6. The fourth-order valence-electron chi connectivity index (χ4n) is 3.50. The lowest BCUT2D eigenvalue weighted by atomic mass is 10.1. The Morgan fingerprint density at radius 3 is 2.11 bits per heavy atom. The number of unbranched alkanes of at least 4 members (excludes halogenated alkanes) is 9. The number of benzene rings is 1. The maximum atomic E-state index is 6.05. The molecule has 0 atom stereocenters. The third-order valence-corrected chi connectivity index (χ3v) is 5.13. The van der Waals surface area contributed by atoms with E-state index in [2.05, 4.69) is 61.1 Å². The van der Waals surface area contributed by atoms with Gasteiger partial charge in [-0.3, -0.25) is 0 Å². The Balaban J connectivity index is 1.88. The molecule has 3 heteroatoms. The van der Waals surface area contributed by atoms with Crippen LogP contribution in [0.1, 0.15) is 84.5 Å². The van der Waals surface area contributed by atoms with E-state index < -0.39 is 0 Å². The van der Waals surface area contributed by atoms with Gasteiger partial charge in [0.05, 0.1) is 12.1 Å². The Bertz CT molecular complexity index is 606. The van der Waals surface area contributed by atoms with Gasteiger partial charge in [-0.15, -0.1) is 0 Å². The van der Waals surface area contributed by atoms with Crippen LogP contribution in [-0.2, 0) is 6.54 Å². The highest BCUT2D eigenvalue weighted by molar-refractivity contribution is 5.51. The lowest BCUT2D eigenvalue weighted by Gasteiger charge is -2.06. The second kappa shape index (κ2) is 13.4. The van der Waals surface area contributed by atoms with Crippen molar-refractivity contribution in [1.82, 2.24) is 4.73 Å². The van der Waals surface area contributed by atoms with Crippen LogP contribution in [0.4, 0.5) is 0 Å². The van der Waals surface area contributed by atoms with Crippen LogP contribution < -0.4 is 9.40 Å². The fraction of sp³-hybridized carbons (Fsp3) is 0.625. The number of nitrogens with zero attached hydrogens (tertiary/aromatic N) is 2. The third kappa shape index (κ3) is 7.78. The summed E-state index contributed by atoms with van der Waals surface area (Å²) in [4.78, 5) is 6.05. The molecule has 0 saturated heterocycles. The highest BCUT2D eigenvalue weighted by Gasteiger charge is 2.20. The van der Waals surface area contributed by atoms with E-state index in [-0.39, 0.29) is 0 Å². The van der Waals surface area contributed by atoms with Crippen molar-refractivity contribution in [3.05, 3.63) is 42.7 Å². The predicted octanol–water partition coefficient (Wildman–Crippen LogP) is 6.20. The highest BCUT2D eigenvalue weighted by Crippen LogP contribution is 2.16. The molecule has 0 aliphatic carbocycles. The first kappa shape index (κ1) is 21.5. The number of aryl methyl sites for hydroxylation is 1. The number of aromatic nitrogens is 2. The Morgan fingerprint density at radius 1 is 0.778 bits per heavy atom. The molecule has 1 aromatic heterocycles. The van der Waals surface area contributed by atoms with E-state index in [4.69, 9.17) is 4.84 Å². The Kier molecular flexibility index (Phi) is 10.7. The lowest BCUT2D eigenvalue weighted by Crippen LogP contribution is -2.35. The predicted molar refractivity (Wildman–Crippen MR) is 114 cm³/mol. The molecule has 0 fully saturated rings. The number of hydrogen-bond donors (Lipinski definition) is 0. The average Bonchev–Trinajstić information content (AvgIpc) is 3.10. The van der Waals surface area contributed by atoms with Crippen LogP contribution >= 0.6 is 0 Å². The van der Waals surface area contributed by atoms with E-state index in [1.54, 1.807) is 0 Å². The molecule has 0 amide bonds. The molecular formula is C24H39N2O+. The Labute approximate surface area is 166 Å². The van der Waals surface area contributed by atoms with Gasteiger partial charge in [-0.2, -0.15) is 0 Å². The fourth-order valence-corrected chi connectivity index (χ4v) is 3.50. The van der Waals surface area contributed by atoms with Crippen LogP contribution in [0.5, 0.6) is 0 Å². The summed E-state index contributed by atoms with van der Waals surface area (Å²) in [6.45, 7) is 6.34. The molecule has 2 rings (SSSR count). The number of rotatable bonds is 15. The van der Waals surface area contributed by atoms with Gasteiger partial charge in [0.1, 0.15) is 12.8 Å². The van der Waals surface area contributed by atoms with E-state index in [1.165, 1.54) is 69.8 Å². The zero-order chi connectivity index (χ0) is 19.2. The van der Waals surface area contributed by atoms with Crippen molar-refractivity contribution in [1.29, 1.82) is 0 Å². The maximum Gasteiger partial charge on any atom is 0.328 e. The van der Waals surface area contributed by atoms with Gasteiger partial charge in [0.25, 0.3) is 0 Å².